The van der Waals surface area contributed by atoms with Gasteiger partial charge < -0.3 is 0 Å². The van der Waals surface area contributed by atoms with E-state index in [9.17, 15) is 8.42 Å². The summed E-state index contributed by atoms with van der Waals surface area (Å²) < 4.78 is 29.8. The van der Waals surface area contributed by atoms with Gasteiger partial charge in [-0.05, 0) is 52.9 Å². The van der Waals surface area contributed by atoms with Crippen molar-refractivity contribution in [3.8, 4) is 33.5 Å². The summed E-state index contributed by atoms with van der Waals surface area (Å²) in [6.45, 7) is 1.94. The van der Waals surface area contributed by atoms with Gasteiger partial charge in [-0.15, -0.1) is 0 Å². The van der Waals surface area contributed by atoms with Gasteiger partial charge in [0.1, 0.15) is 0 Å². The van der Waals surface area contributed by atoms with Gasteiger partial charge in [-0.25, -0.2) is 9.82 Å². The predicted molar refractivity (Wildman–Crippen MR) is 172 cm³/mol. The number of rotatable bonds is 5. The molecule has 0 radical (unpaired) electrons. The highest BCUT2D eigenvalue weighted by atomic mass is 32.2. The number of fused-ring (bicyclic) bond motifs is 6. The first kappa shape index (κ1) is 25.5. The fraction of sp³-hybridized carbons (Fsp3) is 0.0541. The number of hydrogen-bond donors (Lipinski definition) is 1. The standard InChI is InChI=1S/C37H27N3O2S/c1-24-19-21-26(22-20-24)43(41,42)39-40-23-32-29-15-9-10-18-33(29)38-36(32)34(25-11-3-2-4-12-25)37(40)35-30-16-7-5-13-27(30)28-14-6-8-17-31(28)35/h2-23,35,39H,1H3. The maximum absolute atomic E-state index is 14.0. The summed E-state index contributed by atoms with van der Waals surface area (Å²) in [5.74, 6) is -0.243. The van der Waals surface area contributed by atoms with Gasteiger partial charge in [-0.1, -0.05) is 115 Å². The molecule has 208 valence electrons. The zero-order valence-electron chi connectivity index (χ0n) is 23.4. The van der Waals surface area contributed by atoms with Crippen LogP contribution in [0.15, 0.2) is 138 Å². The highest BCUT2D eigenvalue weighted by Crippen LogP contribution is 2.52. The van der Waals surface area contributed by atoms with Crippen LogP contribution in [0.5, 0.6) is 0 Å². The van der Waals surface area contributed by atoms with Crippen LogP contribution in [0.1, 0.15) is 28.3 Å². The average Bonchev–Trinajstić information content (AvgIpc) is 3.56. The Kier molecular flexibility index (Phi) is 5.74. The number of nitrogens with one attached hydrogen (secondary N) is 1. The highest BCUT2D eigenvalue weighted by molar-refractivity contribution is 7.92. The van der Waals surface area contributed by atoms with Gasteiger partial charge >= 0.3 is 0 Å². The molecule has 0 saturated heterocycles. The molecule has 0 unspecified atom stereocenters. The number of nitrogens with zero attached hydrogens (tertiary/aromatic N) is 2. The molecule has 0 fully saturated rings. The van der Waals surface area contributed by atoms with E-state index in [1.54, 1.807) is 16.8 Å². The topological polar surface area (TPSA) is 64.0 Å². The largest absolute Gasteiger partial charge is 0.275 e. The number of para-hydroxylation sites is 1. The van der Waals surface area contributed by atoms with Crippen molar-refractivity contribution in [1.29, 1.82) is 0 Å². The van der Waals surface area contributed by atoms with Crippen molar-refractivity contribution in [1.82, 2.24) is 9.66 Å². The number of sulfonamides is 1. The van der Waals surface area contributed by atoms with E-state index in [0.29, 0.717) is 0 Å². The fourth-order valence-electron chi connectivity index (χ4n) is 6.47. The van der Waals surface area contributed by atoms with Crippen molar-refractivity contribution in [3.63, 3.8) is 0 Å². The molecule has 1 aliphatic carbocycles. The van der Waals surface area contributed by atoms with E-state index < -0.39 is 10.0 Å². The van der Waals surface area contributed by atoms with Crippen LogP contribution in [-0.4, -0.2) is 18.1 Å². The van der Waals surface area contributed by atoms with E-state index in [4.69, 9.17) is 4.98 Å². The molecule has 2 heterocycles. The molecule has 6 heteroatoms. The van der Waals surface area contributed by atoms with Crippen LogP contribution in [-0.2, 0) is 10.0 Å². The van der Waals surface area contributed by atoms with E-state index >= 15 is 0 Å². The fourth-order valence-corrected chi connectivity index (χ4v) is 7.48. The molecule has 1 N–H and O–H groups in total. The second kappa shape index (κ2) is 9.68. The van der Waals surface area contributed by atoms with E-state index in [1.165, 1.54) is 0 Å². The van der Waals surface area contributed by atoms with Crippen LogP contribution in [0.25, 0.3) is 44.4 Å². The minimum Gasteiger partial charge on any atom is -0.256 e. The third-order valence-electron chi connectivity index (χ3n) is 8.41. The predicted octanol–water partition coefficient (Wildman–Crippen LogP) is 8.21. The number of aromatic nitrogens is 2. The number of aryl methyl sites for hydroxylation is 1. The van der Waals surface area contributed by atoms with Gasteiger partial charge in [-0.2, -0.15) is 8.42 Å². The van der Waals surface area contributed by atoms with E-state index in [-0.39, 0.29) is 10.8 Å². The maximum atomic E-state index is 14.0. The van der Waals surface area contributed by atoms with Gasteiger partial charge in [0.25, 0.3) is 10.0 Å². The second-order valence-corrected chi connectivity index (χ2v) is 12.7. The molecule has 2 aliphatic heterocycles. The van der Waals surface area contributed by atoms with Crippen LogP contribution in [0.3, 0.4) is 0 Å². The van der Waals surface area contributed by atoms with Crippen molar-refractivity contribution >= 4 is 20.9 Å². The zero-order chi connectivity index (χ0) is 29.1. The first-order valence-corrected chi connectivity index (χ1v) is 15.7. The normalized spacial score (nSPS) is 12.9. The van der Waals surface area contributed by atoms with Gasteiger partial charge in [0.05, 0.1) is 27.7 Å². The Hall–Kier alpha value is -5.20. The first-order valence-electron chi connectivity index (χ1n) is 14.3. The molecule has 0 aromatic heterocycles. The van der Waals surface area contributed by atoms with E-state index in [1.807, 2.05) is 79.9 Å². The summed E-state index contributed by atoms with van der Waals surface area (Å²) >= 11 is 0. The summed E-state index contributed by atoms with van der Waals surface area (Å²) in [4.78, 5) is 8.33. The molecular formula is C37H27N3O2S. The quantitative estimate of drug-likeness (QED) is 0.224. The molecule has 0 bridgehead atoms. The summed E-state index contributed by atoms with van der Waals surface area (Å²) in [5.41, 5.74) is 10.8. The van der Waals surface area contributed by atoms with Crippen molar-refractivity contribution in [3.05, 3.63) is 156 Å². The van der Waals surface area contributed by atoms with Gasteiger partial charge in [0, 0.05) is 22.7 Å². The zero-order valence-corrected chi connectivity index (χ0v) is 24.2. The van der Waals surface area contributed by atoms with Gasteiger partial charge in [0.2, 0.25) is 0 Å². The van der Waals surface area contributed by atoms with Crippen LogP contribution < -0.4 is 4.83 Å². The lowest BCUT2D eigenvalue weighted by Gasteiger charge is -2.27. The third-order valence-corrected chi connectivity index (χ3v) is 9.74. The van der Waals surface area contributed by atoms with E-state index in [2.05, 4.69) is 53.4 Å². The molecule has 3 aliphatic rings. The Morgan fingerprint density at radius 1 is 0.674 bits per heavy atom. The number of benzene rings is 5. The lowest BCUT2D eigenvalue weighted by atomic mass is 9.86. The average molecular weight is 578 g/mol. The van der Waals surface area contributed by atoms with Gasteiger partial charge in [0.15, 0.2) is 0 Å². The number of pyridine rings is 1. The summed E-state index contributed by atoms with van der Waals surface area (Å²) in [5, 5.41) is 0.969. The highest BCUT2D eigenvalue weighted by Gasteiger charge is 2.36. The Balaban J connectivity index is 1.50. The van der Waals surface area contributed by atoms with Crippen molar-refractivity contribution in [2.45, 2.75) is 17.7 Å². The molecule has 0 amide bonds. The molecule has 5 nitrogen and oxygen atoms in total. The molecule has 43 heavy (non-hydrogen) atoms. The summed E-state index contributed by atoms with van der Waals surface area (Å²) in [7, 11) is -3.95. The minimum atomic E-state index is -3.95. The Morgan fingerprint density at radius 2 is 1.28 bits per heavy atom. The lowest BCUT2D eigenvalue weighted by Crippen LogP contribution is -2.28. The van der Waals surface area contributed by atoms with Crippen molar-refractivity contribution in [2.24, 2.45) is 0 Å². The molecule has 5 aromatic carbocycles. The maximum Gasteiger partial charge on any atom is 0.275 e. The molecular weight excluding hydrogens is 550 g/mol. The summed E-state index contributed by atoms with van der Waals surface area (Å²) in [6, 6.07) is 41.9. The molecule has 8 rings (SSSR count). The second-order valence-electron chi connectivity index (χ2n) is 11.0. The molecule has 0 spiro atoms. The Labute approximate surface area is 250 Å². The van der Waals surface area contributed by atoms with Crippen molar-refractivity contribution < 1.29 is 8.42 Å². The lowest BCUT2D eigenvalue weighted by molar-refractivity contribution is 0.593. The van der Waals surface area contributed by atoms with Crippen LogP contribution in [0, 0.1) is 6.92 Å². The Bertz CT molecular complexity index is 2190. The van der Waals surface area contributed by atoms with Crippen LogP contribution in [0.4, 0.5) is 0 Å². The monoisotopic (exact) mass is 577 g/mol. The van der Waals surface area contributed by atoms with Gasteiger partial charge in [-0.3, -0.25) is 4.68 Å². The SMILES string of the molecule is Cc1ccc(S(=O)(=O)Nn2cc3c4ccccc4nc-3c(-c3ccccc3)c2C2c3ccccc3-c3ccccc32)cc1. The van der Waals surface area contributed by atoms with E-state index in [0.717, 1.165) is 66.8 Å². The third kappa shape index (κ3) is 4.06. The molecule has 0 atom stereocenters. The molecule has 5 aromatic rings. The summed E-state index contributed by atoms with van der Waals surface area (Å²) in [6.07, 6.45) is 1.90. The van der Waals surface area contributed by atoms with Crippen LogP contribution in [0.2, 0.25) is 0 Å². The first-order chi connectivity index (χ1) is 21.0. The minimum absolute atomic E-state index is 0.204. The van der Waals surface area contributed by atoms with Crippen molar-refractivity contribution in [2.75, 3.05) is 4.83 Å². The molecule has 0 saturated carbocycles. The smallest absolute Gasteiger partial charge is 0.256 e. The Morgan fingerprint density at radius 3 is 1.98 bits per heavy atom. The van der Waals surface area contributed by atoms with Crippen LogP contribution >= 0.6 is 0 Å². The number of hydrogen-bond acceptors (Lipinski definition) is 3.